The van der Waals surface area contributed by atoms with Crippen LogP contribution >= 0.6 is 0 Å². The number of hydrogen-bond donors (Lipinski definition) is 1. The van der Waals surface area contributed by atoms with Crippen molar-refractivity contribution >= 4 is 27.4 Å². The summed E-state index contributed by atoms with van der Waals surface area (Å²) in [5.41, 5.74) is 1.46. The Morgan fingerprint density at radius 1 is 1.06 bits per heavy atom. The Hall–Kier alpha value is -2.94. The van der Waals surface area contributed by atoms with Crippen molar-refractivity contribution in [2.75, 3.05) is 30.3 Å². The van der Waals surface area contributed by atoms with Gasteiger partial charge in [-0.05, 0) is 54.7 Å². The number of pyridine rings is 1. The van der Waals surface area contributed by atoms with Gasteiger partial charge in [0, 0.05) is 51.2 Å². The van der Waals surface area contributed by atoms with Gasteiger partial charge in [-0.1, -0.05) is 6.07 Å². The lowest BCUT2D eigenvalue weighted by molar-refractivity contribution is -0.148. The number of carbonyl (C=O) groups is 2. The zero-order valence-electron chi connectivity index (χ0n) is 18.0. The minimum Gasteiger partial charge on any atom is -0.481 e. The number of nitrogens with zero attached hydrogens (tertiary/aromatic N) is 3. The lowest BCUT2D eigenvalue weighted by atomic mass is 9.80. The van der Waals surface area contributed by atoms with Crippen molar-refractivity contribution in [2.24, 2.45) is 5.41 Å². The average molecular weight is 458 g/mol. The van der Waals surface area contributed by atoms with Crippen LogP contribution in [-0.4, -0.2) is 60.7 Å². The highest BCUT2D eigenvalue weighted by atomic mass is 32.2. The number of sulfone groups is 1. The van der Waals surface area contributed by atoms with Gasteiger partial charge in [-0.15, -0.1) is 0 Å². The van der Waals surface area contributed by atoms with Crippen LogP contribution < -0.4 is 4.90 Å². The van der Waals surface area contributed by atoms with E-state index in [0.717, 1.165) is 16.8 Å². The van der Waals surface area contributed by atoms with E-state index in [4.69, 9.17) is 0 Å². The Morgan fingerprint density at radius 3 is 2.38 bits per heavy atom. The van der Waals surface area contributed by atoms with Crippen LogP contribution in [0.1, 0.15) is 30.9 Å². The minimum absolute atomic E-state index is 0.0466. The number of carbonyl (C=O) groups excluding carboxylic acids is 1. The second-order valence-electron chi connectivity index (χ2n) is 8.66. The van der Waals surface area contributed by atoms with Crippen molar-refractivity contribution in [1.82, 2.24) is 9.88 Å². The van der Waals surface area contributed by atoms with Gasteiger partial charge in [-0.25, -0.2) is 8.42 Å². The molecular formula is C23H27N3O5S. The summed E-state index contributed by atoms with van der Waals surface area (Å²) in [5.74, 6) is -1.56. The number of carboxylic acids is 1. The van der Waals surface area contributed by atoms with Gasteiger partial charge in [0.15, 0.2) is 9.84 Å². The standard InChI is InChI=1S/C23H27N3O5S/c1-17(27)26-11-6-18-2-3-21(14-19(18)15-26)32(30,31)16-23(22(28)29)7-12-25(13-8-23)20-4-9-24-10-5-20/h2-5,9-10,14H,6-8,11-13,15-16H2,1H3,(H,28,29). The quantitative estimate of drug-likeness (QED) is 0.733. The molecule has 1 aromatic carbocycles. The van der Waals surface area contributed by atoms with Gasteiger partial charge in [0.2, 0.25) is 5.91 Å². The monoisotopic (exact) mass is 457 g/mol. The smallest absolute Gasteiger partial charge is 0.310 e. The van der Waals surface area contributed by atoms with Crippen molar-refractivity contribution in [1.29, 1.82) is 0 Å². The average Bonchev–Trinajstić information content (AvgIpc) is 2.79. The molecular weight excluding hydrogens is 430 g/mol. The van der Waals surface area contributed by atoms with Gasteiger partial charge < -0.3 is 14.9 Å². The molecule has 8 nitrogen and oxygen atoms in total. The van der Waals surface area contributed by atoms with Crippen LogP contribution in [0.2, 0.25) is 0 Å². The summed E-state index contributed by atoms with van der Waals surface area (Å²) in [6, 6.07) is 8.70. The third-order valence-electron chi connectivity index (χ3n) is 6.66. The van der Waals surface area contributed by atoms with Crippen LogP contribution in [0.5, 0.6) is 0 Å². The van der Waals surface area contributed by atoms with Crippen molar-refractivity contribution in [3.8, 4) is 0 Å². The van der Waals surface area contributed by atoms with Gasteiger partial charge in [-0.3, -0.25) is 14.6 Å². The number of anilines is 1. The van der Waals surface area contributed by atoms with Crippen molar-refractivity contribution in [3.63, 3.8) is 0 Å². The maximum atomic E-state index is 13.3. The molecule has 0 saturated carbocycles. The van der Waals surface area contributed by atoms with E-state index in [9.17, 15) is 23.1 Å². The molecule has 1 aromatic heterocycles. The summed E-state index contributed by atoms with van der Waals surface area (Å²) < 4.78 is 26.6. The lowest BCUT2D eigenvalue weighted by Crippen LogP contribution is -2.48. The highest BCUT2D eigenvalue weighted by Crippen LogP contribution is 2.37. The highest BCUT2D eigenvalue weighted by molar-refractivity contribution is 7.91. The molecule has 1 N–H and O–H groups in total. The zero-order chi connectivity index (χ0) is 22.9. The third-order valence-corrected chi connectivity index (χ3v) is 8.57. The SMILES string of the molecule is CC(=O)N1CCc2ccc(S(=O)(=O)CC3(C(=O)O)CCN(c4ccncc4)CC3)cc2C1. The molecule has 0 bridgehead atoms. The van der Waals surface area contributed by atoms with Crippen molar-refractivity contribution in [3.05, 3.63) is 53.9 Å². The molecule has 2 aromatic rings. The largest absolute Gasteiger partial charge is 0.481 e. The molecule has 0 spiro atoms. The molecule has 170 valence electrons. The number of rotatable bonds is 5. The summed E-state index contributed by atoms with van der Waals surface area (Å²) in [7, 11) is -3.83. The fourth-order valence-corrected chi connectivity index (χ4v) is 6.51. The van der Waals surface area contributed by atoms with E-state index >= 15 is 0 Å². The third kappa shape index (κ3) is 4.34. The Kier molecular flexibility index (Phi) is 5.94. The number of hydrogen-bond acceptors (Lipinski definition) is 6. The van der Waals surface area contributed by atoms with Crippen LogP contribution in [0.15, 0.2) is 47.6 Å². The Morgan fingerprint density at radius 2 is 1.75 bits per heavy atom. The number of aliphatic carboxylic acids is 1. The number of piperidine rings is 1. The van der Waals surface area contributed by atoms with Crippen LogP contribution in [-0.2, 0) is 32.4 Å². The first-order valence-electron chi connectivity index (χ1n) is 10.7. The molecule has 32 heavy (non-hydrogen) atoms. The Bertz CT molecular complexity index is 1130. The molecule has 0 atom stereocenters. The van der Waals surface area contributed by atoms with E-state index in [-0.39, 0.29) is 23.6 Å². The van der Waals surface area contributed by atoms with Crippen molar-refractivity contribution in [2.45, 2.75) is 37.6 Å². The summed E-state index contributed by atoms with van der Waals surface area (Å²) in [5, 5.41) is 10.0. The van der Waals surface area contributed by atoms with Gasteiger partial charge in [-0.2, -0.15) is 0 Å². The molecule has 1 saturated heterocycles. The summed E-state index contributed by atoms with van der Waals surface area (Å²) in [4.78, 5) is 31.8. The van der Waals surface area contributed by atoms with Crippen LogP contribution in [0.4, 0.5) is 5.69 Å². The van der Waals surface area contributed by atoms with Crippen LogP contribution in [0.3, 0.4) is 0 Å². The summed E-state index contributed by atoms with van der Waals surface area (Å²) in [6.45, 7) is 3.41. The molecule has 0 radical (unpaired) electrons. The molecule has 4 rings (SSSR count). The van der Waals surface area contributed by atoms with Gasteiger partial charge >= 0.3 is 5.97 Å². The number of benzene rings is 1. The van der Waals surface area contributed by atoms with Gasteiger partial charge in [0.1, 0.15) is 0 Å². The molecule has 9 heteroatoms. The second-order valence-corrected chi connectivity index (χ2v) is 10.6. The summed E-state index contributed by atoms with van der Waals surface area (Å²) >= 11 is 0. The van der Waals surface area contributed by atoms with E-state index in [1.165, 1.54) is 6.92 Å². The maximum Gasteiger partial charge on any atom is 0.310 e. The number of carboxylic acid groups (broad SMARTS) is 1. The van der Waals surface area contributed by atoms with Crippen LogP contribution in [0.25, 0.3) is 0 Å². The fourth-order valence-electron chi connectivity index (χ4n) is 4.61. The number of fused-ring (bicyclic) bond motifs is 1. The van der Waals surface area contributed by atoms with E-state index in [1.807, 2.05) is 12.1 Å². The van der Waals surface area contributed by atoms with E-state index in [1.54, 1.807) is 35.5 Å². The summed E-state index contributed by atoms with van der Waals surface area (Å²) in [6.07, 6.45) is 4.53. The molecule has 0 unspecified atom stereocenters. The first-order chi connectivity index (χ1) is 15.2. The predicted molar refractivity (Wildman–Crippen MR) is 119 cm³/mol. The maximum absolute atomic E-state index is 13.3. The number of aromatic nitrogens is 1. The van der Waals surface area contributed by atoms with Gasteiger partial charge in [0.25, 0.3) is 0 Å². The Labute approximate surface area is 187 Å². The van der Waals surface area contributed by atoms with E-state index < -0.39 is 27.0 Å². The molecule has 3 heterocycles. The Balaban J connectivity index is 1.54. The number of amides is 1. The molecule has 2 aliphatic rings. The fraction of sp³-hybridized carbons (Fsp3) is 0.435. The molecule has 1 fully saturated rings. The molecule has 0 aliphatic carbocycles. The molecule has 1 amide bonds. The first-order valence-corrected chi connectivity index (χ1v) is 12.3. The van der Waals surface area contributed by atoms with Crippen molar-refractivity contribution < 1.29 is 23.1 Å². The predicted octanol–water partition coefficient (Wildman–Crippen LogP) is 2.13. The van der Waals surface area contributed by atoms with Gasteiger partial charge in [0.05, 0.1) is 16.1 Å². The highest BCUT2D eigenvalue weighted by Gasteiger charge is 2.45. The topological polar surface area (TPSA) is 108 Å². The zero-order valence-corrected chi connectivity index (χ0v) is 18.8. The van der Waals surface area contributed by atoms with E-state index in [0.29, 0.717) is 32.6 Å². The first kappa shape index (κ1) is 22.3. The van der Waals surface area contributed by atoms with E-state index in [2.05, 4.69) is 9.88 Å². The molecule has 2 aliphatic heterocycles. The minimum atomic E-state index is -3.83. The normalized spacial score (nSPS) is 18.2. The second kappa shape index (κ2) is 8.54. The lowest BCUT2D eigenvalue weighted by Gasteiger charge is -2.39. The van der Waals surface area contributed by atoms with Crippen LogP contribution in [0, 0.1) is 5.41 Å².